The van der Waals surface area contributed by atoms with E-state index in [1.165, 1.54) is 111 Å². The summed E-state index contributed by atoms with van der Waals surface area (Å²) in [6.07, 6.45) is 15.7. The molecule has 2 N–H and O–H groups in total. The van der Waals surface area contributed by atoms with E-state index in [1.54, 1.807) is 48.5 Å². The van der Waals surface area contributed by atoms with Crippen LogP contribution in [0.2, 0.25) is 0 Å². The predicted octanol–water partition coefficient (Wildman–Crippen LogP) is 9.66. The topological polar surface area (TPSA) is 220 Å². The van der Waals surface area contributed by atoms with Crippen LogP contribution in [0.3, 0.4) is 0 Å². The number of hydrogen-bond donors (Lipinski definition) is 2. The molecule has 480 valence electrons. The number of aliphatic carboxylic acids is 1. The number of aliphatic hydroxyl groups is 1. The largest absolute Gasteiger partial charge is 1.00 e. The Morgan fingerprint density at radius 2 is 1.00 bits per heavy atom. The number of unbranched alkanes of at least 4 members (excludes halogenated alkanes) is 6. The normalized spacial score (nSPS) is 12.5. The van der Waals surface area contributed by atoms with Crippen molar-refractivity contribution in [2.45, 2.75) is 124 Å². The number of carboxylic acid groups (broad SMARTS) is 1. The summed E-state index contributed by atoms with van der Waals surface area (Å²) in [5.41, 5.74) is -0.145. The van der Waals surface area contributed by atoms with Crippen LogP contribution in [0.4, 0.5) is 0 Å². The van der Waals surface area contributed by atoms with Gasteiger partial charge in [-0.1, -0.05) is 98.2 Å². The zero-order valence-corrected chi connectivity index (χ0v) is 53.7. The van der Waals surface area contributed by atoms with Gasteiger partial charge >= 0.3 is 23.9 Å². The summed E-state index contributed by atoms with van der Waals surface area (Å²) in [5.74, 6) is -1.75. The van der Waals surface area contributed by atoms with E-state index in [9.17, 15) is 33.9 Å². The summed E-state index contributed by atoms with van der Waals surface area (Å²) >= 11 is 3.04. The summed E-state index contributed by atoms with van der Waals surface area (Å²) in [6, 6.07) is 25.0. The molecule has 6 aromatic rings. The van der Waals surface area contributed by atoms with Gasteiger partial charge < -0.3 is 69.6 Å². The second-order valence-corrected chi connectivity index (χ2v) is 22.6. The average Bonchev–Trinajstić information content (AvgIpc) is 1.76. The van der Waals surface area contributed by atoms with E-state index in [0.29, 0.717) is 78.4 Å². The molecule has 87 heavy (non-hydrogen) atoms. The number of carboxylic acids is 1. The van der Waals surface area contributed by atoms with Crippen molar-refractivity contribution in [1.82, 2.24) is 0 Å². The summed E-state index contributed by atoms with van der Waals surface area (Å²) in [6.45, 7) is 23.9. The maximum Gasteiger partial charge on any atom is 0.344 e. The van der Waals surface area contributed by atoms with E-state index in [4.69, 9.17) is 43.0 Å². The number of benzene rings is 4. The Balaban J connectivity index is 0.000000419. The molecular formula is C67H92BrNO16S2. The smallest absolute Gasteiger partial charge is 0.344 e. The number of ether oxygens (including phenoxy) is 8. The second kappa shape index (κ2) is 44.4. The van der Waals surface area contributed by atoms with Crippen LogP contribution in [0.1, 0.15) is 112 Å². The van der Waals surface area contributed by atoms with Crippen LogP contribution in [-0.4, -0.2) is 143 Å². The van der Waals surface area contributed by atoms with Crippen molar-refractivity contribution in [3.05, 3.63) is 131 Å². The van der Waals surface area contributed by atoms with Crippen LogP contribution in [0, 0.1) is 0 Å². The Kier molecular flexibility index (Phi) is 39.3. The number of nitrogens with zero attached hydrogens (tertiary/aromatic N) is 1. The summed E-state index contributed by atoms with van der Waals surface area (Å²) in [5, 5.41) is 20.9. The second-order valence-electron chi connectivity index (χ2n) is 20.4. The van der Waals surface area contributed by atoms with E-state index in [-0.39, 0.29) is 67.7 Å². The Hall–Kier alpha value is -6.10. The summed E-state index contributed by atoms with van der Waals surface area (Å²) < 4.78 is 45.8. The number of aliphatic hydroxyl groups excluding tert-OH is 1. The molecule has 17 nitrogen and oxygen atoms in total. The van der Waals surface area contributed by atoms with Gasteiger partial charge in [-0.3, -0.25) is 9.59 Å². The molecule has 1 aliphatic heterocycles. The number of rotatable bonds is 36. The van der Waals surface area contributed by atoms with Crippen LogP contribution in [-0.2, 0) is 47.6 Å². The zero-order chi connectivity index (χ0) is 61.7. The molecule has 2 atom stereocenters. The predicted molar refractivity (Wildman–Crippen MR) is 345 cm³/mol. The number of carbonyl (C=O) groups excluding carboxylic acids is 3. The van der Waals surface area contributed by atoms with E-state index < -0.39 is 30.6 Å². The monoisotopic (exact) mass is 1310 g/mol. The SMILES string of the molecule is C.C=CC(=O)OCCCCOCC(O)COC(=O)COc1ccc2sc3ccccc3c(=O)c2c1.C=CC(=O)OCCCCOCC1CO1.CCCC[N+](CCCC)(CCCC)CCCC.O=C(O)COc1ccc2sc3ccccc3c(=O)c2c1.[Br-]. The molecule has 20 heteroatoms. The van der Waals surface area contributed by atoms with Crippen LogP contribution < -0.4 is 37.3 Å². The first-order valence-corrected chi connectivity index (χ1v) is 31.3. The van der Waals surface area contributed by atoms with Crippen LogP contribution >= 0.6 is 22.7 Å². The van der Waals surface area contributed by atoms with Gasteiger partial charge in [-0.25, -0.2) is 19.2 Å². The van der Waals surface area contributed by atoms with Gasteiger partial charge in [-0.05, 0) is 112 Å². The molecule has 7 rings (SSSR count). The number of epoxide rings is 1. The third-order valence-electron chi connectivity index (χ3n) is 13.4. The molecule has 0 saturated carbocycles. The third-order valence-corrected chi connectivity index (χ3v) is 15.7. The third kappa shape index (κ3) is 29.6. The van der Waals surface area contributed by atoms with E-state index >= 15 is 0 Å². The molecule has 1 aliphatic rings. The Morgan fingerprint density at radius 1 is 0.586 bits per heavy atom. The minimum absolute atomic E-state index is 0. The number of esters is 3. The molecule has 0 aliphatic carbocycles. The molecule has 0 amide bonds. The minimum atomic E-state index is -1.05. The number of halogens is 1. The molecule has 2 unspecified atom stereocenters. The van der Waals surface area contributed by atoms with Crippen molar-refractivity contribution >= 4 is 86.9 Å². The van der Waals surface area contributed by atoms with Crippen LogP contribution in [0.25, 0.3) is 40.3 Å². The fourth-order valence-corrected chi connectivity index (χ4v) is 10.7. The number of hydrogen-bond acceptors (Lipinski definition) is 17. The van der Waals surface area contributed by atoms with Gasteiger partial charge in [0.25, 0.3) is 0 Å². The molecule has 1 fully saturated rings. The number of carbonyl (C=O) groups is 4. The first-order valence-electron chi connectivity index (χ1n) is 29.6. The van der Waals surface area contributed by atoms with Gasteiger partial charge in [0, 0.05) is 65.7 Å². The molecule has 3 heterocycles. The number of quaternary nitrogens is 1. The maximum absolute atomic E-state index is 12.8. The van der Waals surface area contributed by atoms with Crippen molar-refractivity contribution in [2.24, 2.45) is 0 Å². The molecule has 1 saturated heterocycles. The Bertz CT molecular complexity index is 3090. The number of fused-ring (bicyclic) bond motifs is 4. The lowest BCUT2D eigenvalue weighted by atomic mass is 10.1. The maximum atomic E-state index is 12.8. The van der Waals surface area contributed by atoms with Crippen molar-refractivity contribution < 1.29 is 88.8 Å². The van der Waals surface area contributed by atoms with Gasteiger partial charge in [-0.2, -0.15) is 0 Å². The zero-order valence-electron chi connectivity index (χ0n) is 50.4. The van der Waals surface area contributed by atoms with Crippen molar-refractivity contribution in [3.8, 4) is 11.5 Å². The molecule has 0 spiro atoms. The Labute approximate surface area is 531 Å². The van der Waals surface area contributed by atoms with Gasteiger partial charge in [0.2, 0.25) is 0 Å². The van der Waals surface area contributed by atoms with Gasteiger partial charge in [0.05, 0.1) is 59.2 Å². The fourth-order valence-electron chi connectivity index (χ4n) is 8.63. The highest BCUT2D eigenvalue weighted by atomic mass is 79.9. The molecular weight excluding hydrogens is 1220 g/mol. The summed E-state index contributed by atoms with van der Waals surface area (Å²) in [4.78, 5) is 69.1. The van der Waals surface area contributed by atoms with Gasteiger partial charge in [0.15, 0.2) is 24.1 Å². The Morgan fingerprint density at radius 3 is 1.43 bits per heavy atom. The van der Waals surface area contributed by atoms with Crippen molar-refractivity contribution in [2.75, 3.05) is 92.2 Å². The van der Waals surface area contributed by atoms with Crippen molar-refractivity contribution in [3.63, 3.8) is 0 Å². The lowest BCUT2D eigenvalue weighted by molar-refractivity contribution is -0.929. The highest BCUT2D eigenvalue weighted by molar-refractivity contribution is 7.25. The van der Waals surface area contributed by atoms with Crippen LogP contribution in [0.15, 0.2) is 120 Å². The van der Waals surface area contributed by atoms with E-state index in [1.807, 2.05) is 36.4 Å². The van der Waals surface area contributed by atoms with Gasteiger partial charge in [-0.15, -0.1) is 22.7 Å². The quantitative estimate of drug-likeness (QED) is 0.00711. The van der Waals surface area contributed by atoms with Crippen LogP contribution in [0.5, 0.6) is 11.5 Å². The molecule has 0 bridgehead atoms. The highest BCUT2D eigenvalue weighted by Crippen LogP contribution is 2.29. The molecule has 2 aromatic heterocycles. The van der Waals surface area contributed by atoms with E-state index in [0.717, 1.165) is 44.3 Å². The highest BCUT2D eigenvalue weighted by Gasteiger charge is 2.25. The van der Waals surface area contributed by atoms with E-state index in [2.05, 4.69) is 40.9 Å². The first kappa shape index (κ1) is 77.0. The van der Waals surface area contributed by atoms with Crippen molar-refractivity contribution in [1.29, 1.82) is 0 Å². The standard InChI is InChI=1S/C25H26O8S.C16H36N.C15H10O4S.C10H16O4.CH4.BrH/c1-2-23(27)31-12-6-5-11-30-14-17(26)15-33-24(28)16-32-18-9-10-22-20(13-18)25(29)19-7-3-4-8-21(19)34-22;1-5-9-13-17(14-10-6-2,15-11-7-3)16-12-8-4;16-14(17)8-19-9-5-6-13-11(7-9)15(18)10-3-1-2-4-12(10)20-13;1-2-10(11)13-6-4-3-5-12-7-9-8-14-9;;/h2-4,7-10,13,17,26H,1,5-6,11-12,14-16H2;5-16H2,1-4H3;1-7H,8H2,(H,16,17);2,9H,1,3-8H2;1H4;1H/q;+1;;;;/p-1. The first-order chi connectivity index (χ1) is 41.2. The molecule has 4 aromatic carbocycles. The fraction of sp³-hybridized carbons (Fsp3) is 0.493. The minimum Gasteiger partial charge on any atom is -1.00 e. The lowest BCUT2D eigenvalue weighted by Crippen LogP contribution is -3.00. The van der Waals surface area contributed by atoms with Gasteiger partial charge in [0.1, 0.15) is 30.3 Å². The molecule has 0 radical (unpaired) electrons. The summed E-state index contributed by atoms with van der Waals surface area (Å²) in [7, 11) is 0. The lowest BCUT2D eigenvalue weighted by Gasteiger charge is -2.39. The average molecular weight is 1310 g/mol.